The first-order valence-corrected chi connectivity index (χ1v) is 7.11. The molecule has 0 aliphatic heterocycles. The fourth-order valence-corrected chi connectivity index (χ4v) is 2.37. The second kappa shape index (κ2) is 5.64. The van der Waals surface area contributed by atoms with Gasteiger partial charge < -0.3 is 10.6 Å². The molecule has 0 radical (unpaired) electrons. The van der Waals surface area contributed by atoms with Crippen molar-refractivity contribution < 1.29 is 4.92 Å². The smallest absolute Gasteiger partial charge is 0.276 e. The van der Waals surface area contributed by atoms with E-state index >= 15 is 0 Å². The van der Waals surface area contributed by atoms with Gasteiger partial charge in [-0.15, -0.1) is 0 Å². The second-order valence-corrected chi connectivity index (χ2v) is 5.75. The normalized spacial score (nSPS) is 16.0. The average Bonchev–Trinajstić information content (AvgIpc) is 3.17. The van der Waals surface area contributed by atoms with Crippen LogP contribution in [0.1, 0.15) is 33.6 Å². The lowest BCUT2D eigenvalue weighted by molar-refractivity contribution is -0.384. The summed E-state index contributed by atoms with van der Waals surface area (Å²) in [6, 6.07) is 2.96. The van der Waals surface area contributed by atoms with Crippen molar-refractivity contribution in [2.45, 2.75) is 33.6 Å². The Kier molecular flexibility index (Phi) is 4.11. The molecular formula is C14H22N4O2. The first kappa shape index (κ1) is 14.6. The molecule has 0 atom stereocenters. The molecule has 1 saturated carbocycles. The minimum absolute atomic E-state index is 0.0628. The summed E-state index contributed by atoms with van der Waals surface area (Å²) in [4.78, 5) is 14.9. The molecular weight excluding hydrogens is 256 g/mol. The molecule has 2 N–H and O–H groups in total. The van der Waals surface area contributed by atoms with Crippen LogP contribution in [-0.2, 0) is 0 Å². The number of nitro groups is 1. The zero-order chi connectivity index (χ0) is 14.8. The van der Waals surface area contributed by atoms with E-state index in [0.29, 0.717) is 29.5 Å². The van der Waals surface area contributed by atoms with Crippen LogP contribution in [0, 0.1) is 21.4 Å². The highest BCUT2D eigenvalue weighted by molar-refractivity contribution is 5.54. The van der Waals surface area contributed by atoms with Crippen LogP contribution in [0.3, 0.4) is 0 Å². The van der Waals surface area contributed by atoms with E-state index in [1.165, 1.54) is 25.0 Å². The molecule has 110 valence electrons. The van der Waals surface area contributed by atoms with Crippen molar-refractivity contribution in [1.82, 2.24) is 4.98 Å². The topological polar surface area (TPSA) is 80.1 Å². The number of nitrogens with zero attached hydrogens (tertiary/aromatic N) is 2. The summed E-state index contributed by atoms with van der Waals surface area (Å²) in [5.41, 5.74) is 0.401. The van der Waals surface area contributed by atoms with E-state index in [1.54, 1.807) is 0 Å². The summed E-state index contributed by atoms with van der Waals surface area (Å²) < 4.78 is 0. The van der Waals surface area contributed by atoms with Crippen LogP contribution in [0.15, 0.2) is 12.1 Å². The van der Waals surface area contributed by atoms with Crippen LogP contribution in [0.25, 0.3) is 0 Å². The summed E-state index contributed by atoms with van der Waals surface area (Å²) in [6.45, 7) is 7.89. The summed E-state index contributed by atoms with van der Waals surface area (Å²) in [7, 11) is 0. The van der Waals surface area contributed by atoms with Gasteiger partial charge in [-0.1, -0.05) is 13.8 Å². The number of anilines is 2. The molecule has 20 heavy (non-hydrogen) atoms. The van der Waals surface area contributed by atoms with Gasteiger partial charge >= 0.3 is 0 Å². The van der Waals surface area contributed by atoms with Gasteiger partial charge in [0.25, 0.3) is 5.69 Å². The molecule has 0 amide bonds. The van der Waals surface area contributed by atoms with Gasteiger partial charge in [-0.25, -0.2) is 4.98 Å². The fourth-order valence-electron chi connectivity index (χ4n) is 2.37. The highest BCUT2D eigenvalue weighted by atomic mass is 16.6. The average molecular weight is 278 g/mol. The number of hydrogen-bond donors (Lipinski definition) is 2. The molecule has 0 aromatic carbocycles. The zero-order valence-electron chi connectivity index (χ0n) is 12.3. The standard InChI is InChI=1S/C14H22N4O2/c1-4-15-12-7-11(18(19)20)8-13(17-12)16-9-14(5-6-14)10(2)3/h7-8,10H,4-6,9H2,1-3H3,(H2,15,16,17). The zero-order valence-corrected chi connectivity index (χ0v) is 12.3. The lowest BCUT2D eigenvalue weighted by Gasteiger charge is -2.20. The monoisotopic (exact) mass is 278 g/mol. The van der Waals surface area contributed by atoms with Crippen LogP contribution in [-0.4, -0.2) is 23.0 Å². The molecule has 1 heterocycles. The Balaban J connectivity index is 2.12. The molecule has 0 unspecified atom stereocenters. The second-order valence-electron chi connectivity index (χ2n) is 5.75. The van der Waals surface area contributed by atoms with E-state index in [4.69, 9.17) is 0 Å². The van der Waals surface area contributed by atoms with Crippen molar-refractivity contribution in [2.24, 2.45) is 11.3 Å². The Morgan fingerprint density at radius 3 is 2.40 bits per heavy atom. The quantitative estimate of drug-likeness (QED) is 0.591. The molecule has 1 fully saturated rings. The minimum Gasteiger partial charge on any atom is -0.370 e. The van der Waals surface area contributed by atoms with Crippen LogP contribution < -0.4 is 10.6 Å². The minimum atomic E-state index is -0.386. The molecule has 0 bridgehead atoms. The van der Waals surface area contributed by atoms with Gasteiger partial charge in [0, 0.05) is 13.1 Å². The van der Waals surface area contributed by atoms with E-state index in [2.05, 4.69) is 29.5 Å². The van der Waals surface area contributed by atoms with E-state index in [0.717, 1.165) is 6.54 Å². The Bertz CT molecular complexity index is 498. The van der Waals surface area contributed by atoms with E-state index in [1.807, 2.05) is 6.92 Å². The van der Waals surface area contributed by atoms with E-state index in [-0.39, 0.29) is 10.6 Å². The third-order valence-corrected chi connectivity index (χ3v) is 4.12. The van der Waals surface area contributed by atoms with Gasteiger partial charge in [-0.2, -0.15) is 0 Å². The van der Waals surface area contributed by atoms with Gasteiger partial charge in [0.15, 0.2) is 0 Å². The van der Waals surface area contributed by atoms with Gasteiger partial charge in [-0.05, 0) is 31.1 Å². The molecule has 6 nitrogen and oxygen atoms in total. The molecule has 1 aromatic rings. The first-order valence-electron chi connectivity index (χ1n) is 7.11. The molecule has 1 aliphatic rings. The Labute approximate surface area is 119 Å². The maximum Gasteiger partial charge on any atom is 0.276 e. The van der Waals surface area contributed by atoms with Gasteiger partial charge in [0.1, 0.15) is 11.6 Å². The molecule has 1 aromatic heterocycles. The highest BCUT2D eigenvalue weighted by Gasteiger charge is 2.45. The number of aromatic nitrogens is 1. The third-order valence-electron chi connectivity index (χ3n) is 4.12. The van der Waals surface area contributed by atoms with Crippen LogP contribution in [0.2, 0.25) is 0 Å². The van der Waals surface area contributed by atoms with Crippen LogP contribution in [0.5, 0.6) is 0 Å². The third kappa shape index (κ3) is 3.18. The lowest BCUT2D eigenvalue weighted by atomic mass is 9.92. The number of nitrogens with one attached hydrogen (secondary N) is 2. The van der Waals surface area contributed by atoms with Crippen molar-refractivity contribution >= 4 is 17.3 Å². The summed E-state index contributed by atoms with van der Waals surface area (Å²) in [6.07, 6.45) is 2.43. The molecule has 0 saturated heterocycles. The van der Waals surface area contributed by atoms with Crippen molar-refractivity contribution in [1.29, 1.82) is 0 Å². The van der Waals surface area contributed by atoms with Crippen molar-refractivity contribution in [2.75, 3.05) is 23.7 Å². The number of pyridine rings is 1. The number of hydrogen-bond acceptors (Lipinski definition) is 5. The van der Waals surface area contributed by atoms with Crippen LogP contribution >= 0.6 is 0 Å². The van der Waals surface area contributed by atoms with Crippen molar-refractivity contribution in [3.05, 3.63) is 22.2 Å². The van der Waals surface area contributed by atoms with Gasteiger partial charge in [0.05, 0.1) is 17.1 Å². The van der Waals surface area contributed by atoms with Crippen molar-refractivity contribution in [3.63, 3.8) is 0 Å². The molecule has 2 rings (SSSR count). The maximum atomic E-state index is 11.0. The molecule has 1 aliphatic carbocycles. The largest absolute Gasteiger partial charge is 0.370 e. The lowest BCUT2D eigenvalue weighted by Crippen LogP contribution is -2.21. The summed E-state index contributed by atoms with van der Waals surface area (Å²) in [5.74, 6) is 1.72. The van der Waals surface area contributed by atoms with Gasteiger partial charge in [-0.3, -0.25) is 10.1 Å². The molecule has 6 heteroatoms. The maximum absolute atomic E-state index is 11.0. The predicted molar refractivity (Wildman–Crippen MR) is 80.0 cm³/mol. The Morgan fingerprint density at radius 1 is 1.35 bits per heavy atom. The van der Waals surface area contributed by atoms with Crippen LogP contribution in [0.4, 0.5) is 17.3 Å². The highest BCUT2D eigenvalue weighted by Crippen LogP contribution is 2.51. The van der Waals surface area contributed by atoms with E-state index < -0.39 is 0 Å². The van der Waals surface area contributed by atoms with Crippen molar-refractivity contribution in [3.8, 4) is 0 Å². The van der Waals surface area contributed by atoms with Gasteiger partial charge in [0.2, 0.25) is 0 Å². The summed E-state index contributed by atoms with van der Waals surface area (Å²) in [5, 5.41) is 17.2. The summed E-state index contributed by atoms with van der Waals surface area (Å²) >= 11 is 0. The van der Waals surface area contributed by atoms with E-state index in [9.17, 15) is 10.1 Å². The Morgan fingerprint density at radius 2 is 1.95 bits per heavy atom. The predicted octanol–water partition coefficient (Wildman–Crippen LogP) is 3.27. The Hall–Kier alpha value is -1.85. The molecule has 0 spiro atoms. The first-order chi connectivity index (χ1) is 9.47. The number of rotatable bonds is 7. The SMILES string of the molecule is CCNc1cc([N+](=O)[O-])cc(NCC2(C(C)C)CC2)n1. The fraction of sp³-hybridized carbons (Fsp3) is 0.643.